The summed E-state index contributed by atoms with van der Waals surface area (Å²) in [6, 6.07) is 28.7. The van der Waals surface area contributed by atoms with E-state index in [1.165, 1.54) is 37.4 Å². The van der Waals surface area contributed by atoms with E-state index in [0.717, 1.165) is 17.7 Å². The van der Waals surface area contributed by atoms with E-state index in [4.69, 9.17) is 9.47 Å². The number of ether oxygens (including phenoxy) is 2. The van der Waals surface area contributed by atoms with Gasteiger partial charge in [-0.05, 0) is 109 Å². The number of rotatable bonds is 17. The molecule has 0 saturated carbocycles. The molecular formula is C49H44N4O10. The van der Waals surface area contributed by atoms with Crippen molar-refractivity contribution in [2.75, 3.05) is 36.2 Å². The van der Waals surface area contributed by atoms with Gasteiger partial charge in [0.25, 0.3) is 23.6 Å². The molecule has 0 bridgehead atoms. The lowest BCUT2D eigenvalue weighted by Gasteiger charge is -2.28. The van der Waals surface area contributed by atoms with E-state index in [0.29, 0.717) is 28.1 Å². The van der Waals surface area contributed by atoms with Gasteiger partial charge in [-0.1, -0.05) is 62.9 Å². The molecule has 0 radical (unpaired) electrons. The number of benzene rings is 5. The van der Waals surface area contributed by atoms with Crippen molar-refractivity contribution >= 4 is 64.2 Å². The SMILES string of the molecule is C=CC(=O)COC(=O)c1ccc(C(C)(C)c2ccc(C(=O)OCC(=O)C=C)c(C(=O)Nc3cccc(C(=O)Nc4ccc(NC(=O)c5cccc(C)c5)cc4)c3)c2)cc1C(=O)NC. The van der Waals surface area contributed by atoms with Gasteiger partial charge in [0.05, 0.1) is 22.3 Å². The molecule has 4 amide bonds. The number of esters is 2. The van der Waals surface area contributed by atoms with Gasteiger partial charge in [0.2, 0.25) is 0 Å². The van der Waals surface area contributed by atoms with Crippen LogP contribution in [0.4, 0.5) is 17.1 Å². The molecular weight excluding hydrogens is 805 g/mol. The van der Waals surface area contributed by atoms with Crippen LogP contribution in [-0.4, -0.2) is 67.4 Å². The van der Waals surface area contributed by atoms with Gasteiger partial charge in [-0.2, -0.15) is 0 Å². The molecule has 5 aromatic carbocycles. The number of anilines is 3. The van der Waals surface area contributed by atoms with Crippen molar-refractivity contribution in [2.45, 2.75) is 26.2 Å². The molecule has 0 aliphatic carbocycles. The smallest absolute Gasteiger partial charge is 0.339 e. The Morgan fingerprint density at radius 1 is 0.524 bits per heavy atom. The molecule has 14 heteroatoms. The van der Waals surface area contributed by atoms with Crippen molar-refractivity contribution in [1.82, 2.24) is 5.32 Å². The molecule has 0 unspecified atom stereocenters. The van der Waals surface area contributed by atoms with Crippen LogP contribution in [0.5, 0.6) is 0 Å². The van der Waals surface area contributed by atoms with E-state index < -0.39 is 59.9 Å². The average molecular weight is 849 g/mol. The average Bonchev–Trinajstić information content (AvgIpc) is 3.29. The second-order valence-corrected chi connectivity index (χ2v) is 14.6. The highest BCUT2D eigenvalue weighted by Crippen LogP contribution is 2.34. The minimum Gasteiger partial charge on any atom is -0.454 e. The van der Waals surface area contributed by atoms with Crippen molar-refractivity contribution in [3.63, 3.8) is 0 Å². The monoisotopic (exact) mass is 848 g/mol. The topological polar surface area (TPSA) is 203 Å². The van der Waals surface area contributed by atoms with Crippen LogP contribution in [0.1, 0.15) is 92.7 Å². The number of carbonyl (C=O) groups is 8. The Morgan fingerprint density at radius 2 is 0.968 bits per heavy atom. The molecule has 4 N–H and O–H groups in total. The Labute approximate surface area is 363 Å². The zero-order valence-electron chi connectivity index (χ0n) is 35.0. The van der Waals surface area contributed by atoms with Gasteiger partial charge in [-0.15, -0.1) is 0 Å². The van der Waals surface area contributed by atoms with Gasteiger partial charge in [-0.25, -0.2) is 9.59 Å². The van der Waals surface area contributed by atoms with E-state index in [1.54, 1.807) is 86.6 Å². The third-order valence-corrected chi connectivity index (χ3v) is 9.85. The normalized spacial score (nSPS) is 10.7. The van der Waals surface area contributed by atoms with Crippen LogP contribution in [0, 0.1) is 6.92 Å². The van der Waals surface area contributed by atoms with Crippen molar-refractivity contribution in [3.05, 3.63) is 185 Å². The Morgan fingerprint density at radius 3 is 1.43 bits per heavy atom. The lowest BCUT2D eigenvalue weighted by molar-refractivity contribution is -0.118. The van der Waals surface area contributed by atoms with Crippen LogP contribution in [0.3, 0.4) is 0 Å². The Bertz CT molecular complexity index is 2670. The van der Waals surface area contributed by atoms with E-state index in [-0.39, 0.29) is 39.4 Å². The molecule has 0 aliphatic heterocycles. The van der Waals surface area contributed by atoms with Crippen LogP contribution in [-0.2, 0) is 24.5 Å². The molecule has 0 aliphatic rings. The molecule has 0 aromatic heterocycles. The van der Waals surface area contributed by atoms with E-state index in [2.05, 4.69) is 34.4 Å². The molecule has 0 heterocycles. The van der Waals surface area contributed by atoms with Crippen molar-refractivity contribution in [1.29, 1.82) is 0 Å². The van der Waals surface area contributed by atoms with E-state index in [1.807, 2.05) is 13.0 Å². The third-order valence-electron chi connectivity index (χ3n) is 9.85. The van der Waals surface area contributed by atoms with Gasteiger partial charge >= 0.3 is 11.9 Å². The maximum atomic E-state index is 14.1. The van der Waals surface area contributed by atoms with Crippen LogP contribution < -0.4 is 21.3 Å². The highest BCUT2D eigenvalue weighted by atomic mass is 16.5. The highest BCUT2D eigenvalue weighted by molar-refractivity contribution is 6.12. The highest BCUT2D eigenvalue weighted by Gasteiger charge is 2.30. The molecule has 320 valence electrons. The first-order chi connectivity index (χ1) is 30.0. The number of aryl methyl sites for hydroxylation is 1. The summed E-state index contributed by atoms with van der Waals surface area (Å²) in [6.07, 6.45) is 2.01. The fourth-order valence-electron chi connectivity index (χ4n) is 6.21. The Balaban J connectivity index is 1.40. The largest absolute Gasteiger partial charge is 0.454 e. The van der Waals surface area contributed by atoms with Crippen LogP contribution in [0.2, 0.25) is 0 Å². The molecule has 5 rings (SSSR count). The number of amides is 4. The van der Waals surface area contributed by atoms with Gasteiger partial charge < -0.3 is 30.7 Å². The zero-order valence-corrected chi connectivity index (χ0v) is 35.0. The van der Waals surface area contributed by atoms with Crippen LogP contribution >= 0.6 is 0 Å². The maximum Gasteiger partial charge on any atom is 0.339 e. The molecule has 0 spiro atoms. The molecule has 0 saturated heterocycles. The van der Waals surface area contributed by atoms with Crippen molar-refractivity contribution < 1.29 is 47.8 Å². The standard InChI is InChI=1S/C49H44N4O10/c1-7-37(54)27-62-47(60)39-21-15-32(25-41(39)45(58)50-6)49(4,5)33-16-22-40(48(61)63-28-38(55)8-2)42(26-33)46(59)53-36-14-10-13-31(24-36)44(57)52-35-19-17-34(18-20-35)51-43(56)30-12-9-11-29(3)23-30/h7-26H,1-2,27-28H2,3-6H3,(H,50,58)(H,51,56)(H,52,57)(H,53,59). The summed E-state index contributed by atoms with van der Waals surface area (Å²) in [7, 11) is 1.39. The van der Waals surface area contributed by atoms with Crippen molar-refractivity contribution in [3.8, 4) is 0 Å². The molecule has 14 nitrogen and oxygen atoms in total. The third kappa shape index (κ3) is 11.5. The molecule has 5 aromatic rings. The second kappa shape index (κ2) is 20.3. The Kier molecular flexibility index (Phi) is 14.8. The molecule has 0 atom stereocenters. The van der Waals surface area contributed by atoms with Gasteiger partial charge in [-0.3, -0.25) is 28.8 Å². The van der Waals surface area contributed by atoms with Gasteiger partial charge in [0.1, 0.15) is 0 Å². The molecule has 0 fully saturated rings. The quantitative estimate of drug-likeness (QED) is 0.0545. The predicted molar refractivity (Wildman–Crippen MR) is 237 cm³/mol. The first-order valence-electron chi connectivity index (χ1n) is 19.4. The van der Waals surface area contributed by atoms with Crippen LogP contribution in [0.25, 0.3) is 0 Å². The fourth-order valence-corrected chi connectivity index (χ4v) is 6.21. The summed E-state index contributed by atoms with van der Waals surface area (Å²) >= 11 is 0. The van der Waals surface area contributed by atoms with Gasteiger partial charge in [0.15, 0.2) is 24.8 Å². The molecule has 63 heavy (non-hydrogen) atoms. The number of ketones is 2. The van der Waals surface area contributed by atoms with Gasteiger partial charge in [0, 0.05) is 40.7 Å². The summed E-state index contributed by atoms with van der Waals surface area (Å²) in [4.78, 5) is 103. The maximum absolute atomic E-state index is 14.1. The number of hydrogen-bond acceptors (Lipinski definition) is 10. The first kappa shape index (κ1) is 45.8. The summed E-state index contributed by atoms with van der Waals surface area (Å²) in [5.41, 5.74) is 2.42. The van der Waals surface area contributed by atoms with E-state index >= 15 is 0 Å². The summed E-state index contributed by atoms with van der Waals surface area (Å²) in [6.45, 7) is 11.0. The van der Waals surface area contributed by atoms with Crippen molar-refractivity contribution in [2.24, 2.45) is 0 Å². The summed E-state index contributed by atoms with van der Waals surface area (Å²) < 4.78 is 10.3. The van der Waals surface area contributed by atoms with Crippen LogP contribution in [0.15, 0.2) is 135 Å². The number of carbonyl (C=O) groups excluding carboxylic acids is 8. The van der Waals surface area contributed by atoms with E-state index in [9.17, 15) is 38.4 Å². The predicted octanol–water partition coefficient (Wildman–Crippen LogP) is 7.26. The summed E-state index contributed by atoms with van der Waals surface area (Å²) in [5.74, 6) is -5.09. The number of hydrogen-bond donors (Lipinski definition) is 4. The summed E-state index contributed by atoms with van der Waals surface area (Å²) in [5, 5.41) is 10.9. The minimum atomic E-state index is -0.983. The number of nitrogens with one attached hydrogen (secondary N) is 4. The Hall–Kier alpha value is -8.26. The lowest BCUT2D eigenvalue weighted by atomic mass is 9.76. The minimum absolute atomic E-state index is 0.0347. The second-order valence-electron chi connectivity index (χ2n) is 14.6. The fraction of sp³-hybridized carbons (Fsp3) is 0.143. The first-order valence-corrected chi connectivity index (χ1v) is 19.4. The zero-order chi connectivity index (χ0) is 45.8. The lowest BCUT2D eigenvalue weighted by Crippen LogP contribution is -2.26.